The van der Waals surface area contributed by atoms with Crippen molar-refractivity contribution in [2.24, 2.45) is 0 Å². The molecule has 2 heterocycles. The highest BCUT2D eigenvalue weighted by molar-refractivity contribution is 6.05. The lowest BCUT2D eigenvalue weighted by Gasteiger charge is -2.22. The molecule has 0 saturated carbocycles. The van der Waals surface area contributed by atoms with Crippen molar-refractivity contribution in [2.75, 3.05) is 4.90 Å². The summed E-state index contributed by atoms with van der Waals surface area (Å²) in [6, 6.07) is 15.4. The van der Waals surface area contributed by atoms with Crippen LogP contribution in [0.5, 0.6) is 0 Å². The fraction of sp³-hybridized carbons (Fsp3) is 0.318. The number of carbonyl (C=O) groups is 1. The summed E-state index contributed by atoms with van der Waals surface area (Å²) in [5.74, 6) is 0.436. The van der Waals surface area contributed by atoms with Gasteiger partial charge in [-0.25, -0.2) is 4.98 Å². The first kappa shape index (κ1) is 17.5. The van der Waals surface area contributed by atoms with Gasteiger partial charge in [0.15, 0.2) is 0 Å². The molecule has 0 bridgehead atoms. The van der Waals surface area contributed by atoms with E-state index in [9.17, 15) is 9.59 Å². The lowest BCUT2D eigenvalue weighted by Crippen LogP contribution is -2.36. The third kappa shape index (κ3) is 2.74. The van der Waals surface area contributed by atoms with Crippen LogP contribution in [0.15, 0.2) is 53.3 Å². The highest BCUT2D eigenvalue weighted by Gasteiger charge is 2.38. The number of hydrogen-bond donors (Lipinski definition) is 0. The average Bonchev–Trinajstić information content (AvgIpc) is 2.94. The summed E-state index contributed by atoms with van der Waals surface area (Å²) in [5.41, 5.74) is 2.62. The molecule has 5 nitrogen and oxygen atoms in total. The van der Waals surface area contributed by atoms with Gasteiger partial charge in [-0.2, -0.15) is 0 Å². The zero-order valence-corrected chi connectivity index (χ0v) is 15.8. The van der Waals surface area contributed by atoms with E-state index < -0.39 is 0 Å². The predicted octanol–water partition coefficient (Wildman–Crippen LogP) is 3.50. The van der Waals surface area contributed by atoms with Crippen LogP contribution in [-0.4, -0.2) is 21.5 Å². The Morgan fingerprint density at radius 1 is 1.04 bits per heavy atom. The molecule has 1 aromatic heterocycles. The maximum atomic E-state index is 13.2. The Balaban J connectivity index is 1.83. The van der Waals surface area contributed by atoms with Crippen molar-refractivity contribution in [3.8, 4) is 0 Å². The quantitative estimate of drug-likeness (QED) is 0.715. The third-order valence-corrected chi connectivity index (χ3v) is 5.27. The van der Waals surface area contributed by atoms with Crippen LogP contribution < -0.4 is 10.5 Å². The first-order valence-corrected chi connectivity index (χ1v) is 9.43. The zero-order chi connectivity index (χ0) is 19.1. The Kier molecular flexibility index (Phi) is 4.30. The van der Waals surface area contributed by atoms with Gasteiger partial charge in [-0.1, -0.05) is 30.3 Å². The molecule has 0 fully saturated rings. The highest BCUT2D eigenvalue weighted by atomic mass is 16.2. The van der Waals surface area contributed by atoms with Gasteiger partial charge in [0.1, 0.15) is 5.82 Å². The van der Waals surface area contributed by atoms with Crippen LogP contribution in [0, 0.1) is 0 Å². The summed E-state index contributed by atoms with van der Waals surface area (Å²) < 4.78 is 1.69. The zero-order valence-electron chi connectivity index (χ0n) is 15.8. The first-order valence-electron chi connectivity index (χ1n) is 9.43. The highest BCUT2D eigenvalue weighted by Crippen LogP contribution is 2.39. The number of benzene rings is 2. The molecule has 3 aromatic rings. The summed E-state index contributed by atoms with van der Waals surface area (Å²) in [4.78, 5) is 32.6. The minimum absolute atomic E-state index is 0.0439. The monoisotopic (exact) mass is 361 g/mol. The van der Waals surface area contributed by atoms with Crippen molar-refractivity contribution >= 4 is 22.5 Å². The molecule has 27 heavy (non-hydrogen) atoms. The van der Waals surface area contributed by atoms with Gasteiger partial charge in [-0.3, -0.25) is 14.2 Å². The van der Waals surface area contributed by atoms with Crippen LogP contribution >= 0.6 is 0 Å². The van der Waals surface area contributed by atoms with E-state index in [1.165, 1.54) is 0 Å². The summed E-state index contributed by atoms with van der Waals surface area (Å²) >= 11 is 0. The molecule has 5 heteroatoms. The van der Waals surface area contributed by atoms with Crippen LogP contribution in [0.4, 0.5) is 5.69 Å². The predicted molar refractivity (Wildman–Crippen MR) is 107 cm³/mol. The van der Waals surface area contributed by atoms with Crippen molar-refractivity contribution in [1.82, 2.24) is 9.55 Å². The van der Waals surface area contributed by atoms with Crippen molar-refractivity contribution < 1.29 is 4.79 Å². The molecule has 0 radical (unpaired) electrons. The standard InChI is InChI=1S/C22H23N3O2/c1-4-24-20(23-18-11-7-5-10-16(18)21(24)26)13-17-15-9-6-8-12-19(15)25(14(2)3)22(17)27/h5-12,14,17H,4,13H2,1-3H3/t17-/m0/s1. The summed E-state index contributed by atoms with van der Waals surface area (Å²) in [6.45, 7) is 6.51. The van der Waals surface area contributed by atoms with Crippen LogP contribution in [-0.2, 0) is 17.8 Å². The minimum atomic E-state index is -0.311. The molecular weight excluding hydrogens is 338 g/mol. The molecule has 4 rings (SSSR count). The van der Waals surface area contributed by atoms with Gasteiger partial charge in [-0.15, -0.1) is 0 Å². The average molecular weight is 361 g/mol. The lowest BCUT2D eigenvalue weighted by atomic mass is 9.96. The molecule has 0 aliphatic carbocycles. The van der Waals surface area contributed by atoms with Gasteiger partial charge in [0, 0.05) is 24.7 Å². The summed E-state index contributed by atoms with van der Waals surface area (Å²) in [7, 11) is 0. The summed E-state index contributed by atoms with van der Waals surface area (Å²) in [5, 5.41) is 0.616. The maximum absolute atomic E-state index is 13.2. The SMILES string of the molecule is CCn1c(C[C@@H]2C(=O)N(C(C)C)c3ccccc32)nc2ccccc2c1=O. The Bertz CT molecular complexity index is 1080. The van der Waals surface area contributed by atoms with Crippen molar-refractivity contribution in [2.45, 2.75) is 45.7 Å². The molecule has 1 aliphatic heterocycles. The number of aromatic nitrogens is 2. The smallest absolute Gasteiger partial charge is 0.261 e. The molecule has 1 amide bonds. The number of hydrogen-bond acceptors (Lipinski definition) is 3. The van der Waals surface area contributed by atoms with E-state index in [-0.39, 0.29) is 23.4 Å². The Hall–Kier alpha value is -2.95. The van der Waals surface area contributed by atoms with Gasteiger partial charge in [0.2, 0.25) is 5.91 Å². The van der Waals surface area contributed by atoms with E-state index in [1.54, 1.807) is 10.6 Å². The Morgan fingerprint density at radius 3 is 2.48 bits per heavy atom. The molecule has 0 spiro atoms. The fourth-order valence-electron chi connectivity index (χ4n) is 4.03. The minimum Gasteiger partial charge on any atom is -0.309 e. The van der Waals surface area contributed by atoms with Crippen LogP contribution in [0.1, 0.15) is 38.1 Å². The third-order valence-electron chi connectivity index (χ3n) is 5.27. The number of fused-ring (bicyclic) bond motifs is 2. The molecule has 0 N–H and O–H groups in total. The van der Waals surface area contributed by atoms with E-state index in [0.29, 0.717) is 29.7 Å². The van der Waals surface area contributed by atoms with Gasteiger partial charge >= 0.3 is 0 Å². The van der Waals surface area contributed by atoms with E-state index in [1.807, 2.05) is 68.1 Å². The second kappa shape index (κ2) is 6.65. The van der Waals surface area contributed by atoms with E-state index in [2.05, 4.69) is 0 Å². The number of anilines is 1. The second-order valence-electron chi connectivity index (χ2n) is 7.21. The number of carbonyl (C=O) groups excluding carboxylic acids is 1. The van der Waals surface area contributed by atoms with Crippen LogP contribution in [0.25, 0.3) is 10.9 Å². The maximum Gasteiger partial charge on any atom is 0.261 e. The fourth-order valence-corrected chi connectivity index (χ4v) is 4.03. The number of para-hydroxylation sites is 2. The van der Waals surface area contributed by atoms with E-state index >= 15 is 0 Å². The molecular formula is C22H23N3O2. The number of rotatable bonds is 4. The largest absolute Gasteiger partial charge is 0.309 e. The van der Waals surface area contributed by atoms with Gasteiger partial charge in [0.05, 0.1) is 16.8 Å². The normalized spacial score (nSPS) is 16.4. The number of amides is 1. The van der Waals surface area contributed by atoms with E-state index in [0.717, 1.165) is 11.3 Å². The number of nitrogens with zero attached hydrogens (tertiary/aromatic N) is 3. The van der Waals surface area contributed by atoms with E-state index in [4.69, 9.17) is 4.98 Å². The van der Waals surface area contributed by atoms with Crippen molar-refractivity contribution in [1.29, 1.82) is 0 Å². The van der Waals surface area contributed by atoms with Crippen LogP contribution in [0.3, 0.4) is 0 Å². The Morgan fingerprint density at radius 2 is 1.74 bits per heavy atom. The molecule has 0 saturated heterocycles. The van der Waals surface area contributed by atoms with Crippen LogP contribution in [0.2, 0.25) is 0 Å². The van der Waals surface area contributed by atoms with Gasteiger partial charge in [0.25, 0.3) is 5.56 Å². The first-order chi connectivity index (χ1) is 13.0. The summed E-state index contributed by atoms with van der Waals surface area (Å²) in [6.07, 6.45) is 0.424. The van der Waals surface area contributed by atoms with Crippen molar-refractivity contribution in [3.63, 3.8) is 0 Å². The molecule has 1 aliphatic rings. The Labute approximate surface area is 158 Å². The molecule has 1 atom stereocenters. The molecule has 138 valence electrons. The topological polar surface area (TPSA) is 55.2 Å². The van der Waals surface area contributed by atoms with Gasteiger partial charge in [-0.05, 0) is 44.5 Å². The van der Waals surface area contributed by atoms with Crippen molar-refractivity contribution in [3.05, 3.63) is 70.3 Å². The molecule has 2 aromatic carbocycles. The van der Waals surface area contributed by atoms with Gasteiger partial charge < -0.3 is 4.90 Å². The molecule has 0 unspecified atom stereocenters. The second-order valence-corrected chi connectivity index (χ2v) is 7.21. The lowest BCUT2D eigenvalue weighted by molar-refractivity contribution is -0.119.